The Labute approximate surface area is 250 Å². The van der Waals surface area contributed by atoms with E-state index in [-0.39, 0.29) is 16.9 Å². The highest BCUT2D eigenvalue weighted by Gasteiger charge is 2.18. The van der Waals surface area contributed by atoms with Crippen molar-refractivity contribution in [2.24, 2.45) is 0 Å². The molecule has 0 fully saturated rings. The van der Waals surface area contributed by atoms with Gasteiger partial charge in [-0.05, 0) is 80.9 Å². The van der Waals surface area contributed by atoms with Crippen molar-refractivity contribution in [3.05, 3.63) is 126 Å². The van der Waals surface area contributed by atoms with Crippen LogP contribution in [0.5, 0.6) is 5.75 Å². The molecular weight excluding hydrogens is 546 g/mol. The highest BCUT2D eigenvalue weighted by Crippen LogP contribution is 2.27. The summed E-state index contributed by atoms with van der Waals surface area (Å²) in [5.41, 5.74) is 3.48. The lowest BCUT2D eigenvalue weighted by Crippen LogP contribution is -2.30. The van der Waals surface area contributed by atoms with Crippen LogP contribution in [0.3, 0.4) is 0 Å². The third kappa shape index (κ3) is 8.34. The van der Waals surface area contributed by atoms with Gasteiger partial charge in [-0.3, -0.25) is 14.4 Å². The summed E-state index contributed by atoms with van der Waals surface area (Å²) in [6, 6.07) is 30.8. The fraction of sp³-hybridized carbons (Fsp3) is 0.147. The quantitative estimate of drug-likeness (QED) is 0.132. The molecule has 1 atom stereocenters. The van der Waals surface area contributed by atoms with Crippen LogP contribution < -0.4 is 20.7 Å². The minimum Gasteiger partial charge on any atom is -0.493 e. The molecule has 0 aliphatic rings. The number of carbonyl (C=O) groups is 3. The average molecular weight is 580 g/mol. The van der Waals surface area contributed by atoms with E-state index in [1.165, 1.54) is 11.8 Å². The molecule has 4 rings (SSSR count). The predicted molar refractivity (Wildman–Crippen MR) is 170 cm³/mol. The molecule has 0 aromatic heterocycles. The molecule has 4 aromatic carbocycles. The van der Waals surface area contributed by atoms with Gasteiger partial charge in [0.05, 0.1) is 11.9 Å². The third-order valence-electron chi connectivity index (χ3n) is 6.24. The number of anilines is 2. The van der Waals surface area contributed by atoms with E-state index in [2.05, 4.69) is 16.0 Å². The van der Waals surface area contributed by atoms with Crippen molar-refractivity contribution in [1.82, 2.24) is 5.32 Å². The molecule has 42 heavy (non-hydrogen) atoms. The molecule has 214 valence electrons. The smallest absolute Gasteiger partial charge is 0.272 e. The maximum atomic E-state index is 13.4. The fourth-order valence-electron chi connectivity index (χ4n) is 4.01. The van der Waals surface area contributed by atoms with Gasteiger partial charge >= 0.3 is 0 Å². The maximum Gasteiger partial charge on any atom is 0.272 e. The number of benzene rings is 4. The summed E-state index contributed by atoms with van der Waals surface area (Å²) in [6.07, 6.45) is 1.60. The van der Waals surface area contributed by atoms with Crippen LogP contribution in [-0.4, -0.2) is 29.6 Å². The summed E-state index contributed by atoms with van der Waals surface area (Å²) in [5.74, 6) is -0.392. The van der Waals surface area contributed by atoms with Crippen molar-refractivity contribution in [1.29, 1.82) is 0 Å². The summed E-state index contributed by atoms with van der Waals surface area (Å²) < 4.78 is 5.71. The van der Waals surface area contributed by atoms with E-state index >= 15 is 0 Å². The van der Waals surface area contributed by atoms with Crippen LogP contribution in [0.1, 0.15) is 35.3 Å². The Hall–Kier alpha value is -4.82. The highest BCUT2D eigenvalue weighted by molar-refractivity contribution is 8.00. The Balaban J connectivity index is 1.47. The molecule has 0 aliphatic heterocycles. The van der Waals surface area contributed by atoms with Gasteiger partial charge in [0.15, 0.2) is 0 Å². The maximum absolute atomic E-state index is 13.4. The van der Waals surface area contributed by atoms with Gasteiger partial charge in [0.2, 0.25) is 5.91 Å². The van der Waals surface area contributed by atoms with E-state index in [0.717, 1.165) is 16.1 Å². The van der Waals surface area contributed by atoms with Crippen molar-refractivity contribution in [2.45, 2.75) is 30.9 Å². The monoisotopic (exact) mass is 579 g/mol. The fourth-order valence-corrected chi connectivity index (χ4v) is 4.87. The standard InChI is InChI=1S/C34H33N3O4S/c1-4-41-31-17-11-9-15-26(31)22-30(37-33(39)25-13-6-5-7-14-25)34(40)35-27-18-20-28(21-19-27)42-24(3)32(38)36-29-16-10-8-12-23(29)2/h5-22,24H,4H2,1-3H3,(H,35,40)(H,36,38)(H,37,39)/b30-22-. The third-order valence-corrected chi connectivity index (χ3v) is 7.36. The van der Waals surface area contributed by atoms with Crippen LogP contribution >= 0.6 is 11.8 Å². The van der Waals surface area contributed by atoms with E-state index in [1.54, 1.807) is 42.5 Å². The number of carbonyl (C=O) groups excluding carboxylic acids is 3. The van der Waals surface area contributed by atoms with Crippen LogP contribution in [0.15, 0.2) is 114 Å². The van der Waals surface area contributed by atoms with Crippen molar-refractivity contribution in [3.8, 4) is 5.75 Å². The molecule has 0 bridgehead atoms. The van der Waals surface area contributed by atoms with E-state index in [0.29, 0.717) is 29.2 Å². The SMILES string of the molecule is CCOc1ccccc1/C=C(\NC(=O)c1ccccc1)C(=O)Nc1ccc(SC(C)C(=O)Nc2ccccc2C)cc1. The van der Waals surface area contributed by atoms with Gasteiger partial charge in [-0.15, -0.1) is 11.8 Å². The summed E-state index contributed by atoms with van der Waals surface area (Å²) in [5, 5.41) is 8.25. The zero-order chi connectivity index (χ0) is 29.9. The normalized spacial score (nSPS) is 11.7. The van der Waals surface area contributed by atoms with Gasteiger partial charge in [0, 0.05) is 27.4 Å². The van der Waals surface area contributed by atoms with Gasteiger partial charge in [-0.1, -0.05) is 54.6 Å². The first kappa shape index (κ1) is 30.1. The molecule has 0 spiro atoms. The highest BCUT2D eigenvalue weighted by atomic mass is 32.2. The molecule has 0 radical (unpaired) electrons. The number of rotatable bonds is 11. The topological polar surface area (TPSA) is 96.5 Å². The Kier molecular flexibility index (Phi) is 10.6. The first-order chi connectivity index (χ1) is 20.3. The van der Waals surface area contributed by atoms with Crippen molar-refractivity contribution < 1.29 is 19.1 Å². The Bertz CT molecular complexity index is 1570. The number of amides is 3. The summed E-state index contributed by atoms with van der Waals surface area (Å²) in [6.45, 7) is 6.14. The van der Waals surface area contributed by atoms with Gasteiger partial charge < -0.3 is 20.7 Å². The van der Waals surface area contributed by atoms with E-state index < -0.39 is 11.8 Å². The lowest BCUT2D eigenvalue weighted by molar-refractivity contribution is -0.115. The van der Waals surface area contributed by atoms with Gasteiger partial charge in [0.25, 0.3) is 11.8 Å². The lowest BCUT2D eigenvalue weighted by atomic mass is 10.1. The average Bonchev–Trinajstić information content (AvgIpc) is 3.00. The van der Waals surface area contributed by atoms with Gasteiger partial charge in [-0.25, -0.2) is 0 Å². The molecule has 4 aromatic rings. The number of thioether (sulfide) groups is 1. The minimum atomic E-state index is -0.489. The molecule has 0 saturated carbocycles. The number of nitrogens with one attached hydrogen (secondary N) is 3. The number of ether oxygens (including phenoxy) is 1. The molecule has 8 heteroatoms. The van der Waals surface area contributed by atoms with E-state index in [1.807, 2.05) is 87.5 Å². The number of hydrogen-bond acceptors (Lipinski definition) is 5. The zero-order valence-electron chi connectivity index (χ0n) is 23.7. The molecule has 0 aliphatic carbocycles. The number of hydrogen-bond donors (Lipinski definition) is 3. The van der Waals surface area contributed by atoms with Crippen LogP contribution in [0.2, 0.25) is 0 Å². The minimum absolute atomic E-state index is 0.0657. The van der Waals surface area contributed by atoms with Crippen LogP contribution in [0, 0.1) is 6.92 Å². The second-order valence-corrected chi connectivity index (χ2v) is 10.8. The zero-order valence-corrected chi connectivity index (χ0v) is 24.5. The van der Waals surface area contributed by atoms with Crippen LogP contribution in [-0.2, 0) is 9.59 Å². The molecule has 7 nitrogen and oxygen atoms in total. The summed E-state index contributed by atoms with van der Waals surface area (Å²) in [4.78, 5) is 40.0. The van der Waals surface area contributed by atoms with Crippen LogP contribution in [0.4, 0.5) is 11.4 Å². The molecule has 0 saturated heterocycles. The van der Waals surface area contributed by atoms with Gasteiger partial charge in [-0.2, -0.15) is 0 Å². The summed E-state index contributed by atoms with van der Waals surface area (Å²) >= 11 is 1.42. The first-order valence-electron chi connectivity index (χ1n) is 13.6. The van der Waals surface area contributed by atoms with E-state index in [4.69, 9.17) is 4.74 Å². The molecule has 3 N–H and O–H groups in total. The molecule has 0 heterocycles. The molecule has 3 amide bonds. The Morgan fingerprint density at radius 2 is 1.50 bits per heavy atom. The van der Waals surface area contributed by atoms with Crippen molar-refractivity contribution in [3.63, 3.8) is 0 Å². The van der Waals surface area contributed by atoms with Crippen molar-refractivity contribution in [2.75, 3.05) is 17.2 Å². The van der Waals surface area contributed by atoms with Crippen molar-refractivity contribution >= 4 is 46.9 Å². The molecular formula is C34H33N3O4S. The van der Waals surface area contributed by atoms with Gasteiger partial charge in [0.1, 0.15) is 11.4 Å². The second-order valence-electron chi connectivity index (χ2n) is 9.39. The first-order valence-corrected chi connectivity index (χ1v) is 14.5. The second kappa shape index (κ2) is 14.7. The number of para-hydroxylation sites is 2. The largest absolute Gasteiger partial charge is 0.493 e. The predicted octanol–water partition coefficient (Wildman–Crippen LogP) is 6.92. The lowest BCUT2D eigenvalue weighted by Gasteiger charge is -2.14. The number of aryl methyl sites for hydroxylation is 1. The van der Waals surface area contributed by atoms with Crippen LogP contribution in [0.25, 0.3) is 6.08 Å². The summed E-state index contributed by atoms with van der Waals surface area (Å²) in [7, 11) is 0. The Morgan fingerprint density at radius 1 is 0.833 bits per heavy atom. The van der Waals surface area contributed by atoms with E-state index in [9.17, 15) is 14.4 Å². The Morgan fingerprint density at radius 3 is 2.21 bits per heavy atom. The molecule has 1 unspecified atom stereocenters.